The summed E-state index contributed by atoms with van der Waals surface area (Å²) in [5.41, 5.74) is 1.67. The first-order valence-corrected chi connectivity index (χ1v) is 7.73. The molecule has 0 atom stereocenters. The van der Waals surface area contributed by atoms with Crippen molar-refractivity contribution in [1.29, 1.82) is 0 Å². The fourth-order valence-corrected chi connectivity index (χ4v) is 3.53. The molecule has 3 heteroatoms. The van der Waals surface area contributed by atoms with E-state index in [1.54, 1.807) is 0 Å². The monoisotopic (exact) mass is 275 g/mol. The van der Waals surface area contributed by atoms with Crippen LogP contribution in [0, 0.1) is 5.92 Å². The minimum atomic E-state index is 0.277. The van der Waals surface area contributed by atoms with Crippen LogP contribution in [0.2, 0.25) is 0 Å². The average molecular weight is 275 g/mol. The fraction of sp³-hybridized carbons (Fsp3) is 0.647. The molecule has 1 fully saturated rings. The Bertz CT molecular complexity index is 478. The Morgan fingerprint density at radius 2 is 1.90 bits per heavy atom. The Morgan fingerprint density at radius 1 is 1.20 bits per heavy atom. The van der Waals surface area contributed by atoms with E-state index in [1.165, 1.54) is 18.4 Å². The van der Waals surface area contributed by atoms with Crippen LogP contribution in [0.15, 0.2) is 18.2 Å². The summed E-state index contributed by atoms with van der Waals surface area (Å²) in [7, 11) is 0. The molecule has 2 aliphatic rings. The molecule has 1 aliphatic carbocycles. The van der Waals surface area contributed by atoms with Crippen LogP contribution in [0.25, 0.3) is 0 Å². The minimum absolute atomic E-state index is 0.277. The molecule has 110 valence electrons. The molecular weight excluding hydrogens is 250 g/mol. The summed E-state index contributed by atoms with van der Waals surface area (Å²) in [6.45, 7) is 9.12. The number of hydrogen-bond donors (Lipinski definition) is 1. The van der Waals surface area contributed by atoms with Crippen molar-refractivity contribution < 1.29 is 9.47 Å². The highest BCUT2D eigenvalue weighted by molar-refractivity contribution is 5.47. The zero-order valence-corrected chi connectivity index (χ0v) is 12.7. The van der Waals surface area contributed by atoms with Gasteiger partial charge in [-0.05, 0) is 36.5 Å². The molecule has 1 aromatic rings. The smallest absolute Gasteiger partial charge is 0.161 e. The first-order valence-electron chi connectivity index (χ1n) is 7.73. The van der Waals surface area contributed by atoms with Crippen molar-refractivity contribution in [3.8, 4) is 11.5 Å². The highest BCUT2D eigenvalue weighted by Gasteiger charge is 2.43. The van der Waals surface area contributed by atoms with E-state index in [9.17, 15) is 0 Å². The largest absolute Gasteiger partial charge is 0.486 e. The zero-order chi connectivity index (χ0) is 14.2. The second-order valence-electron chi connectivity index (χ2n) is 6.69. The molecule has 0 aromatic heterocycles. The van der Waals surface area contributed by atoms with E-state index in [2.05, 4.69) is 44.3 Å². The Hall–Kier alpha value is -1.22. The van der Waals surface area contributed by atoms with Gasteiger partial charge in [-0.1, -0.05) is 26.8 Å². The lowest BCUT2D eigenvalue weighted by Gasteiger charge is -2.48. The van der Waals surface area contributed by atoms with Gasteiger partial charge >= 0.3 is 0 Å². The Morgan fingerprint density at radius 3 is 2.55 bits per heavy atom. The molecule has 0 saturated heterocycles. The van der Waals surface area contributed by atoms with E-state index in [0.717, 1.165) is 24.0 Å². The van der Waals surface area contributed by atoms with E-state index in [1.807, 2.05) is 0 Å². The van der Waals surface area contributed by atoms with Crippen molar-refractivity contribution in [1.82, 2.24) is 5.32 Å². The molecule has 0 bridgehead atoms. The summed E-state index contributed by atoms with van der Waals surface area (Å²) >= 11 is 0. The number of nitrogens with one attached hydrogen (secondary N) is 1. The highest BCUT2D eigenvalue weighted by Crippen LogP contribution is 2.49. The van der Waals surface area contributed by atoms with Gasteiger partial charge in [0, 0.05) is 18.0 Å². The Labute approximate surface area is 121 Å². The first kappa shape index (κ1) is 13.7. The lowest BCUT2D eigenvalue weighted by Crippen LogP contribution is -2.49. The molecule has 3 rings (SSSR count). The van der Waals surface area contributed by atoms with Crippen molar-refractivity contribution in [2.45, 2.75) is 45.1 Å². The summed E-state index contributed by atoms with van der Waals surface area (Å²) in [5.74, 6) is 2.62. The Kier molecular flexibility index (Phi) is 3.63. The first-order chi connectivity index (χ1) is 9.59. The van der Waals surface area contributed by atoms with E-state index >= 15 is 0 Å². The number of rotatable bonds is 4. The number of fused-ring (bicyclic) bond motifs is 1. The average Bonchev–Trinajstić information content (AvgIpc) is 2.41. The SMILES string of the molecule is CC1CC(CNC(C)C)(c2ccc3c(c2)OCCO3)C1. The summed E-state index contributed by atoms with van der Waals surface area (Å²) in [4.78, 5) is 0. The highest BCUT2D eigenvalue weighted by atomic mass is 16.6. The molecule has 20 heavy (non-hydrogen) atoms. The molecule has 0 amide bonds. The van der Waals surface area contributed by atoms with Gasteiger partial charge in [-0.25, -0.2) is 0 Å². The normalized spacial score (nSPS) is 28.3. The lowest BCUT2D eigenvalue weighted by molar-refractivity contribution is 0.146. The molecule has 1 aromatic carbocycles. The maximum Gasteiger partial charge on any atom is 0.161 e. The van der Waals surface area contributed by atoms with Crippen LogP contribution in [-0.2, 0) is 5.41 Å². The summed E-state index contributed by atoms with van der Waals surface area (Å²) < 4.78 is 11.4. The van der Waals surface area contributed by atoms with Gasteiger partial charge in [-0.15, -0.1) is 0 Å². The van der Waals surface area contributed by atoms with Gasteiger partial charge in [-0.2, -0.15) is 0 Å². The van der Waals surface area contributed by atoms with Crippen molar-refractivity contribution in [3.63, 3.8) is 0 Å². The quantitative estimate of drug-likeness (QED) is 0.916. The third-order valence-corrected chi connectivity index (χ3v) is 4.48. The topological polar surface area (TPSA) is 30.5 Å². The van der Waals surface area contributed by atoms with Crippen LogP contribution in [0.1, 0.15) is 39.2 Å². The van der Waals surface area contributed by atoms with E-state index in [-0.39, 0.29) is 5.41 Å². The molecular formula is C17H25NO2. The standard InChI is InChI=1S/C17H25NO2/c1-12(2)18-11-17(9-13(3)10-17)14-4-5-15-16(8-14)20-7-6-19-15/h4-5,8,12-13,18H,6-7,9-11H2,1-3H3. The van der Waals surface area contributed by atoms with E-state index < -0.39 is 0 Å². The number of benzene rings is 1. The van der Waals surface area contributed by atoms with Crippen LogP contribution in [0.4, 0.5) is 0 Å². The summed E-state index contributed by atoms with van der Waals surface area (Å²) in [5, 5.41) is 3.62. The van der Waals surface area contributed by atoms with Gasteiger partial charge < -0.3 is 14.8 Å². The molecule has 3 nitrogen and oxygen atoms in total. The number of hydrogen-bond acceptors (Lipinski definition) is 3. The lowest BCUT2D eigenvalue weighted by atomic mass is 9.59. The molecule has 1 N–H and O–H groups in total. The van der Waals surface area contributed by atoms with Crippen molar-refractivity contribution >= 4 is 0 Å². The van der Waals surface area contributed by atoms with Crippen molar-refractivity contribution in [3.05, 3.63) is 23.8 Å². The van der Waals surface area contributed by atoms with Crippen LogP contribution in [-0.4, -0.2) is 25.8 Å². The zero-order valence-electron chi connectivity index (χ0n) is 12.7. The van der Waals surface area contributed by atoms with Crippen LogP contribution in [0.3, 0.4) is 0 Å². The summed E-state index contributed by atoms with van der Waals surface area (Å²) in [6, 6.07) is 7.02. The van der Waals surface area contributed by atoms with E-state index in [4.69, 9.17) is 9.47 Å². The molecule has 1 heterocycles. The van der Waals surface area contributed by atoms with Crippen molar-refractivity contribution in [2.75, 3.05) is 19.8 Å². The maximum atomic E-state index is 5.73. The molecule has 1 aliphatic heterocycles. The molecule has 1 saturated carbocycles. The number of ether oxygens (including phenoxy) is 2. The molecule has 0 radical (unpaired) electrons. The van der Waals surface area contributed by atoms with Gasteiger partial charge in [-0.3, -0.25) is 0 Å². The third-order valence-electron chi connectivity index (χ3n) is 4.48. The Balaban J connectivity index is 1.84. The van der Waals surface area contributed by atoms with Crippen molar-refractivity contribution in [2.24, 2.45) is 5.92 Å². The second kappa shape index (κ2) is 5.28. The molecule has 0 spiro atoms. The van der Waals surface area contributed by atoms with Gasteiger partial charge in [0.2, 0.25) is 0 Å². The fourth-order valence-electron chi connectivity index (χ4n) is 3.53. The van der Waals surface area contributed by atoms with Crippen LogP contribution >= 0.6 is 0 Å². The van der Waals surface area contributed by atoms with Crippen LogP contribution < -0.4 is 14.8 Å². The van der Waals surface area contributed by atoms with Gasteiger partial charge in [0.05, 0.1) is 0 Å². The van der Waals surface area contributed by atoms with Gasteiger partial charge in [0.15, 0.2) is 11.5 Å². The van der Waals surface area contributed by atoms with E-state index in [0.29, 0.717) is 19.3 Å². The predicted octanol–water partition coefficient (Wildman–Crippen LogP) is 3.12. The van der Waals surface area contributed by atoms with Crippen LogP contribution in [0.5, 0.6) is 11.5 Å². The summed E-state index contributed by atoms with van der Waals surface area (Å²) in [6.07, 6.45) is 2.51. The second-order valence-corrected chi connectivity index (χ2v) is 6.69. The predicted molar refractivity (Wildman–Crippen MR) is 80.6 cm³/mol. The molecule has 0 unspecified atom stereocenters. The maximum absolute atomic E-state index is 5.73. The van der Waals surface area contributed by atoms with Gasteiger partial charge in [0.25, 0.3) is 0 Å². The third kappa shape index (κ3) is 2.51. The van der Waals surface area contributed by atoms with Gasteiger partial charge in [0.1, 0.15) is 13.2 Å². The minimum Gasteiger partial charge on any atom is -0.486 e.